The van der Waals surface area contributed by atoms with Crippen LogP contribution in [0.3, 0.4) is 0 Å². The molecule has 5 rings (SSSR count). The number of Topliss-reactive ketones (excluding diaryl/α,β-unsaturated/α-hetero) is 1. The highest BCUT2D eigenvalue weighted by atomic mass is 32.1. The molecule has 0 bridgehead atoms. The van der Waals surface area contributed by atoms with Crippen molar-refractivity contribution in [2.75, 3.05) is 0 Å². The van der Waals surface area contributed by atoms with E-state index in [4.69, 9.17) is 14.1 Å². The molecular weight excluding hydrogens is 364 g/mol. The number of aromatic nitrogens is 4. The first-order valence-electron chi connectivity index (χ1n) is 8.35. The van der Waals surface area contributed by atoms with Gasteiger partial charge >= 0.3 is 0 Å². The number of ether oxygens (including phenoxy) is 1. The Morgan fingerprint density at radius 2 is 2.19 bits per heavy atom. The van der Waals surface area contributed by atoms with Gasteiger partial charge in [0.1, 0.15) is 17.8 Å². The number of hydrogen-bond donors (Lipinski definition) is 0. The van der Waals surface area contributed by atoms with Crippen molar-refractivity contribution in [3.8, 4) is 16.6 Å². The highest BCUT2D eigenvalue weighted by Gasteiger charge is 2.37. The number of rotatable bonds is 3. The smallest absolute Gasteiger partial charge is 0.228 e. The third-order valence-electron chi connectivity index (χ3n) is 4.54. The van der Waals surface area contributed by atoms with Gasteiger partial charge in [0.25, 0.3) is 0 Å². The zero-order valence-corrected chi connectivity index (χ0v) is 15.4. The van der Waals surface area contributed by atoms with Crippen molar-refractivity contribution in [1.82, 2.24) is 19.6 Å². The van der Waals surface area contributed by atoms with Gasteiger partial charge in [-0.1, -0.05) is 6.07 Å². The molecule has 0 amide bonds. The molecule has 8 heteroatoms. The van der Waals surface area contributed by atoms with E-state index >= 15 is 0 Å². The first-order chi connectivity index (χ1) is 13.1. The van der Waals surface area contributed by atoms with Crippen molar-refractivity contribution >= 4 is 22.8 Å². The molecular formula is C19H14N4O3S. The van der Waals surface area contributed by atoms with Crippen molar-refractivity contribution in [3.05, 3.63) is 64.9 Å². The van der Waals surface area contributed by atoms with Crippen LogP contribution in [0.5, 0.6) is 5.88 Å². The summed E-state index contributed by atoms with van der Waals surface area (Å²) in [5, 5.41) is 6.51. The lowest BCUT2D eigenvalue weighted by molar-refractivity contribution is -0.114. The minimum atomic E-state index is -0.446. The summed E-state index contributed by atoms with van der Waals surface area (Å²) < 4.78 is 13.1. The van der Waals surface area contributed by atoms with Crippen molar-refractivity contribution in [2.24, 2.45) is 0 Å². The van der Waals surface area contributed by atoms with E-state index in [1.807, 2.05) is 23.6 Å². The summed E-state index contributed by atoms with van der Waals surface area (Å²) >= 11 is 1.56. The molecule has 1 atom stereocenters. The molecule has 0 aliphatic carbocycles. The van der Waals surface area contributed by atoms with Crippen LogP contribution in [0.1, 0.15) is 31.1 Å². The largest absolute Gasteiger partial charge is 0.468 e. The monoisotopic (exact) mass is 378 g/mol. The van der Waals surface area contributed by atoms with Gasteiger partial charge in [-0.05, 0) is 37.4 Å². The van der Waals surface area contributed by atoms with E-state index in [1.165, 1.54) is 6.92 Å². The SMILES string of the molecule is CC(=O)C1=C(C)Oc2ncn3nc(-c4cccs4)nc3c2C1c1ccco1. The summed E-state index contributed by atoms with van der Waals surface area (Å²) in [5.41, 5.74) is 1.81. The molecule has 7 nitrogen and oxygen atoms in total. The minimum Gasteiger partial charge on any atom is -0.468 e. The molecule has 0 radical (unpaired) electrons. The van der Waals surface area contributed by atoms with Gasteiger partial charge in [0.05, 0.1) is 22.6 Å². The first kappa shape index (κ1) is 16.0. The van der Waals surface area contributed by atoms with Gasteiger partial charge < -0.3 is 9.15 Å². The second-order valence-electron chi connectivity index (χ2n) is 6.22. The average Bonchev–Trinajstić information content (AvgIpc) is 3.39. The molecule has 4 aromatic heterocycles. The average molecular weight is 378 g/mol. The summed E-state index contributed by atoms with van der Waals surface area (Å²) in [5.74, 6) is 1.65. The fourth-order valence-corrected chi connectivity index (χ4v) is 4.10. The Morgan fingerprint density at radius 3 is 2.89 bits per heavy atom. The molecule has 0 saturated heterocycles. The second kappa shape index (κ2) is 5.88. The lowest BCUT2D eigenvalue weighted by Gasteiger charge is -2.26. The van der Waals surface area contributed by atoms with Crippen LogP contribution >= 0.6 is 11.3 Å². The normalized spacial score (nSPS) is 16.4. The predicted octanol–water partition coefficient (Wildman–Crippen LogP) is 3.83. The topological polar surface area (TPSA) is 82.5 Å². The van der Waals surface area contributed by atoms with E-state index in [0.29, 0.717) is 40.0 Å². The van der Waals surface area contributed by atoms with Gasteiger partial charge in [-0.2, -0.15) is 0 Å². The van der Waals surface area contributed by atoms with Crippen LogP contribution in [0, 0.1) is 0 Å². The molecule has 27 heavy (non-hydrogen) atoms. The molecule has 1 aliphatic heterocycles. The highest BCUT2D eigenvalue weighted by Crippen LogP contribution is 2.44. The molecule has 0 fully saturated rings. The summed E-state index contributed by atoms with van der Waals surface area (Å²) in [4.78, 5) is 22.5. The maximum atomic E-state index is 12.4. The Bertz CT molecular complexity index is 1190. The highest BCUT2D eigenvalue weighted by molar-refractivity contribution is 7.13. The summed E-state index contributed by atoms with van der Waals surface area (Å²) in [6, 6.07) is 7.56. The van der Waals surface area contributed by atoms with Crippen molar-refractivity contribution < 1.29 is 13.9 Å². The lowest BCUT2D eigenvalue weighted by Crippen LogP contribution is -2.21. The lowest BCUT2D eigenvalue weighted by atomic mass is 9.85. The Labute approximate surface area is 157 Å². The Kier molecular flexibility index (Phi) is 3.48. The van der Waals surface area contributed by atoms with Crippen LogP contribution in [-0.2, 0) is 4.79 Å². The Balaban J connectivity index is 1.80. The number of carbonyl (C=O) groups is 1. The van der Waals surface area contributed by atoms with Gasteiger partial charge in [-0.15, -0.1) is 16.4 Å². The van der Waals surface area contributed by atoms with Gasteiger partial charge in [0.15, 0.2) is 17.3 Å². The fourth-order valence-electron chi connectivity index (χ4n) is 3.44. The van der Waals surface area contributed by atoms with E-state index in [1.54, 1.807) is 41.4 Å². The maximum Gasteiger partial charge on any atom is 0.228 e. The minimum absolute atomic E-state index is 0.0838. The summed E-state index contributed by atoms with van der Waals surface area (Å²) in [6.07, 6.45) is 3.16. The Hall–Kier alpha value is -3.26. The van der Waals surface area contributed by atoms with E-state index < -0.39 is 5.92 Å². The molecule has 0 spiro atoms. The number of furan rings is 1. The fraction of sp³-hybridized carbons (Fsp3) is 0.158. The van der Waals surface area contributed by atoms with Gasteiger partial charge in [0, 0.05) is 5.57 Å². The van der Waals surface area contributed by atoms with E-state index in [-0.39, 0.29) is 5.78 Å². The number of ketones is 1. The third kappa shape index (κ3) is 2.41. The summed E-state index contributed by atoms with van der Waals surface area (Å²) in [7, 11) is 0. The number of fused-ring (bicyclic) bond motifs is 3. The number of nitrogens with zero attached hydrogens (tertiary/aromatic N) is 4. The molecule has 4 aromatic rings. The molecule has 0 saturated carbocycles. The van der Waals surface area contributed by atoms with Crippen LogP contribution in [0.15, 0.2) is 58.0 Å². The first-order valence-corrected chi connectivity index (χ1v) is 9.23. The predicted molar refractivity (Wildman–Crippen MR) is 98.7 cm³/mol. The second-order valence-corrected chi connectivity index (χ2v) is 7.17. The quantitative estimate of drug-likeness (QED) is 0.539. The van der Waals surface area contributed by atoms with Crippen molar-refractivity contribution in [2.45, 2.75) is 19.8 Å². The van der Waals surface area contributed by atoms with Crippen molar-refractivity contribution in [3.63, 3.8) is 0 Å². The van der Waals surface area contributed by atoms with Crippen LogP contribution in [0.2, 0.25) is 0 Å². The standard InChI is InChI=1S/C19H14N4O3S/c1-10(24)14-11(2)26-19-16(15(14)12-5-3-7-25-12)18-21-17(13-6-4-8-27-13)22-23(18)9-20-19/h3-9,15H,1-2H3. The van der Waals surface area contributed by atoms with Crippen LogP contribution in [0.4, 0.5) is 0 Å². The van der Waals surface area contributed by atoms with E-state index in [0.717, 1.165) is 4.88 Å². The van der Waals surface area contributed by atoms with Gasteiger partial charge in [-0.3, -0.25) is 4.79 Å². The van der Waals surface area contributed by atoms with Crippen LogP contribution in [-0.4, -0.2) is 25.4 Å². The van der Waals surface area contributed by atoms with E-state index in [9.17, 15) is 4.79 Å². The van der Waals surface area contributed by atoms with Crippen LogP contribution < -0.4 is 4.74 Å². The number of hydrogen-bond acceptors (Lipinski definition) is 7. The number of thiophene rings is 1. The number of carbonyl (C=O) groups excluding carboxylic acids is 1. The summed E-state index contributed by atoms with van der Waals surface area (Å²) in [6.45, 7) is 3.29. The molecule has 0 aromatic carbocycles. The molecule has 1 unspecified atom stereocenters. The molecule has 134 valence electrons. The molecule has 5 heterocycles. The molecule has 0 N–H and O–H groups in total. The van der Waals surface area contributed by atoms with Crippen LogP contribution in [0.25, 0.3) is 16.3 Å². The zero-order chi connectivity index (χ0) is 18.5. The molecule has 1 aliphatic rings. The zero-order valence-electron chi connectivity index (χ0n) is 14.5. The van der Waals surface area contributed by atoms with E-state index in [2.05, 4.69) is 10.1 Å². The third-order valence-corrected chi connectivity index (χ3v) is 5.41. The Morgan fingerprint density at radius 1 is 1.30 bits per heavy atom. The number of allylic oxidation sites excluding steroid dienone is 2. The van der Waals surface area contributed by atoms with Gasteiger partial charge in [0.2, 0.25) is 5.88 Å². The van der Waals surface area contributed by atoms with Crippen molar-refractivity contribution in [1.29, 1.82) is 0 Å². The maximum absolute atomic E-state index is 12.4. The van der Waals surface area contributed by atoms with Gasteiger partial charge in [-0.25, -0.2) is 14.5 Å².